The van der Waals surface area contributed by atoms with Crippen LogP contribution in [0.1, 0.15) is 5.69 Å². The number of nitrogens with zero attached hydrogens (tertiary/aromatic N) is 3. The largest absolute Gasteiger partial charge is 0.574 e. The topological polar surface area (TPSA) is 39.9 Å². The van der Waals surface area contributed by atoms with Crippen LogP contribution in [0.5, 0.6) is 5.88 Å². The number of hydrogen-bond donors (Lipinski definition) is 0. The highest BCUT2D eigenvalue weighted by Gasteiger charge is 2.35. The molecule has 92 valence electrons. The summed E-state index contributed by atoms with van der Waals surface area (Å²) in [4.78, 5) is 0.0937. The van der Waals surface area contributed by atoms with Gasteiger partial charge in [0.1, 0.15) is 5.69 Å². The van der Waals surface area contributed by atoms with Crippen LogP contribution in [0.15, 0.2) is 0 Å². The van der Waals surface area contributed by atoms with Gasteiger partial charge in [-0.2, -0.15) is 23.1 Å². The molecule has 4 nitrogen and oxygen atoms in total. The van der Waals surface area contributed by atoms with Crippen LogP contribution in [0, 0.1) is 6.92 Å². The van der Waals surface area contributed by atoms with Crippen molar-refractivity contribution in [3.8, 4) is 5.88 Å². The molecule has 0 amide bonds. The number of halogens is 6. The fourth-order valence-electron chi connectivity index (χ4n) is 0.850. The van der Waals surface area contributed by atoms with Crippen molar-refractivity contribution in [1.29, 1.82) is 0 Å². The van der Waals surface area contributed by atoms with Gasteiger partial charge in [-0.3, -0.25) is 0 Å². The smallest absolute Gasteiger partial charge is 0.384 e. The van der Waals surface area contributed by atoms with E-state index in [1.54, 1.807) is 0 Å². The summed E-state index contributed by atoms with van der Waals surface area (Å²) in [5, 5.41) is 6.06. The van der Waals surface area contributed by atoms with Crippen molar-refractivity contribution in [1.82, 2.24) is 15.0 Å². The van der Waals surface area contributed by atoms with E-state index in [9.17, 15) is 26.3 Å². The number of ether oxygens (including phenoxy) is 1. The molecule has 1 aromatic heterocycles. The molecule has 0 radical (unpaired) electrons. The van der Waals surface area contributed by atoms with Gasteiger partial charge in [-0.05, 0) is 6.92 Å². The predicted molar refractivity (Wildman–Crippen MR) is 37.5 cm³/mol. The summed E-state index contributed by atoms with van der Waals surface area (Å²) >= 11 is 0. The van der Waals surface area contributed by atoms with E-state index in [0.29, 0.717) is 0 Å². The van der Waals surface area contributed by atoms with Crippen LogP contribution in [-0.2, 0) is 6.54 Å². The molecular weight excluding hydrogens is 244 g/mol. The second-order valence-electron chi connectivity index (χ2n) is 2.78. The SMILES string of the molecule is Cc1nn(CC(F)(F)F)nc1OC(F)(F)F. The summed E-state index contributed by atoms with van der Waals surface area (Å²) in [5.41, 5.74) is -0.374. The zero-order valence-corrected chi connectivity index (χ0v) is 7.72. The van der Waals surface area contributed by atoms with E-state index < -0.39 is 25.0 Å². The predicted octanol–water partition coefficient (Wildman–Crippen LogP) is 2.05. The zero-order valence-electron chi connectivity index (χ0n) is 7.72. The Morgan fingerprint density at radius 2 is 1.69 bits per heavy atom. The molecule has 0 aliphatic heterocycles. The maximum absolute atomic E-state index is 11.9. The summed E-state index contributed by atoms with van der Waals surface area (Å²) in [6.45, 7) is -0.518. The standard InChI is InChI=1S/C6H5F6N3O/c1-3-4(16-6(10,11)12)14-15(13-3)2-5(7,8)9/h2H2,1H3. The Balaban J connectivity index is 2.82. The molecule has 1 aromatic rings. The number of rotatable bonds is 2. The van der Waals surface area contributed by atoms with Crippen LogP contribution >= 0.6 is 0 Å². The van der Waals surface area contributed by atoms with E-state index in [4.69, 9.17) is 0 Å². The summed E-state index contributed by atoms with van der Waals surface area (Å²) in [6.07, 6.45) is -9.62. The van der Waals surface area contributed by atoms with E-state index in [2.05, 4.69) is 14.9 Å². The first-order valence-electron chi connectivity index (χ1n) is 3.81. The van der Waals surface area contributed by atoms with Crippen LogP contribution in [0.3, 0.4) is 0 Å². The van der Waals surface area contributed by atoms with Gasteiger partial charge < -0.3 is 4.74 Å². The fraction of sp³-hybridized carbons (Fsp3) is 0.667. The molecule has 0 spiro atoms. The quantitative estimate of drug-likeness (QED) is 0.753. The zero-order chi connectivity index (χ0) is 12.6. The highest BCUT2D eigenvalue weighted by atomic mass is 19.4. The van der Waals surface area contributed by atoms with E-state index in [1.807, 2.05) is 0 Å². The molecule has 0 aromatic carbocycles. The molecule has 0 saturated heterocycles. The van der Waals surface area contributed by atoms with Crippen molar-refractivity contribution in [3.63, 3.8) is 0 Å². The Hall–Kier alpha value is -1.48. The van der Waals surface area contributed by atoms with Crippen molar-refractivity contribution in [2.24, 2.45) is 0 Å². The van der Waals surface area contributed by atoms with Crippen LogP contribution in [0.25, 0.3) is 0 Å². The number of aromatic nitrogens is 3. The number of alkyl halides is 6. The van der Waals surface area contributed by atoms with Gasteiger partial charge in [-0.25, -0.2) is 0 Å². The van der Waals surface area contributed by atoms with Crippen LogP contribution < -0.4 is 4.74 Å². The molecule has 0 fully saturated rings. The highest BCUT2D eigenvalue weighted by Crippen LogP contribution is 2.24. The normalized spacial score (nSPS) is 12.9. The van der Waals surface area contributed by atoms with Gasteiger partial charge >= 0.3 is 12.5 Å². The van der Waals surface area contributed by atoms with E-state index in [-0.39, 0.29) is 10.5 Å². The highest BCUT2D eigenvalue weighted by molar-refractivity contribution is 5.13. The summed E-state index contributed by atoms with van der Waals surface area (Å²) < 4.78 is 74.2. The van der Waals surface area contributed by atoms with Crippen LogP contribution in [0.2, 0.25) is 0 Å². The average molecular weight is 249 g/mol. The third-order valence-electron chi connectivity index (χ3n) is 1.31. The second kappa shape index (κ2) is 3.83. The molecule has 0 N–H and O–H groups in total. The molecule has 10 heteroatoms. The van der Waals surface area contributed by atoms with Gasteiger partial charge in [-0.1, -0.05) is 0 Å². The Morgan fingerprint density at radius 3 is 2.12 bits per heavy atom. The lowest BCUT2D eigenvalue weighted by molar-refractivity contribution is -0.276. The monoisotopic (exact) mass is 249 g/mol. The third-order valence-corrected chi connectivity index (χ3v) is 1.31. The molecule has 0 atom stereocenters. The Bertz CT molecular complexity index is 367. The lowest BCUT2D eigenvalue weighted by atomic mass is 10.5. The van der Waals surface area contributed by atoms with Crippen molar-refractivity contribution < 1.29 is 31.1 Å². The minimum Gasteiger partial charge on any atom is -0.384 e. The van der Waals surface area contributed by atoms with Crippen molar-refractivity contribution in [2.45, 2.75) is 26.0 Å². The minimum atomic E-state index is -5.01. The maximum atomic E-state index is 11.9. The summed E-state index contributed by atoms with van der Waals surface area (Å²) in [6, 6.07) is 0. The average Bonchev–Trinajstić information content (AvgIpc) is 2.23. The van der Waals surface area contributed by atoms with Gasteiger partial charge in [0.25, 0.3) is 5.88 Å². The first-order chi connectivity index (χ1) is 7.07. The Labute approximate surface area is 84.8 Å². The van der Waals surface area contributed by atoms with Gasteiger partial charge in [0.15, 0.2) is 6.54 Å². The van der Waals surface area contributed by atoms with Crippen molar-refractivity contribution in [3.05, 3.63) is 5.69 Å². The Morgan fingerprint density at radius 1 is 1.12 bits per heavy atom. The fourth-order valence-corrected chi connectivity index (χ4v) is 0.850. The van der Waals surface area contributed by atoms with E-state index >= 15 is 0 Å². The van der Waals surface area contributed by atoms with Gasteiger partial charge in [0, 0.05) is 0 Å². The lowest BCUT2D eigenvalue weighted by Crippen LogP contribution is -2.20. The van der Waals surface area contributed by atoms with Crippen LogP contribution in [0.4, 0.5) is 26.3 Å². The van der Waals surface area contributed by atoms with Gasteiger partial charge in [0.05, 0.1) is 0 Å². The van der Waals surface area contributed by atoms with E-state index in [1.165, 1.54) is 0 Å². The molecule has 0 aliphatic carbocycles. The van der Waals surface area contributed by atoms with Crippen molar-refractivity contribution in [2.75, 3.05) is 0 Å². The molecule has 0 unspecified atom stereocenters. The van der Waals surface area contributed by atoms with E-state index in [0.717, 1.165) is 6.92 Å². The van der Waals surface area contributed by atoms with Crippen LogP contribution in [-0.4, -0.2) is 27.5 Å². The van der Waals surface area contributed by atoms with Gasteiger partial charge in [-0.15, -0.1) is 18.3 Å². The lowest BCUT2D eigenvalue weighted by Gasteiger charge is -2.05. The number of hydrogen-bond acceptors (Lipinski definition) is 3. The van der Waals surface area contributed by atoms with Crippen molar-refractivity contribution >= 4 is 0 Å². The second-order valence-corrected chi connectivity index (χ2v) is 2.78. The summed E-state index contributed by atoms with van der Waals surface area (Å²) in [7, 11) is 0. The molecular formula is C6H5F6N3O. The summed E-state index contributed by atoms with van der Waals surface area (Å²) in [5.74, 6) is -0.989. The molecule has 0 bridgehead atoms. The Kier molecular flexibility index (Phi) is 3.01. The molecule has 0 saturated carbocycles. The molecule has 16 heavy (non-hydrogen) atoms. The van der Waals surface area contributed by atoms with Gasteiger partial charge in [0.2, 0.25) is 0 Å². The molecule has 1 rings (SSSR count). The maximum Gasteiger partial charge on any atom is 0.574 e. The first kappa shape index (κ1) is 12.6. The number of aryl methyl sites for hydroxylation is 1. The third kappa shape index (κ3) is 3.95. The molecule has 1 heterocycles. The first-order valence-corrected chi connectivity index (χ1v) is 3.81. The molecule has 0 aliphatic rings. The minimum absolute atomic E-state index is 0.0937.